The Kier molecular flexibility index (Phi) is 5.13. The first-order valence-corrected chi connectivity index (χ1v) is 8.61. The third kappa shape index (κ3) is 3.71. The largest absolute Gasteiger partial charge is 0.378 e. The quantitative estimate of drug-likeness (QED) is 0.837. The van der Waals surface area contributed by atoms with Crippen molar-refractivity contribution >= 4 is 28.9 Å². The van der Waals surface area contributed by atoms with Crippen LogP contribution in [0, 0.1) is 5.82 Å². The molecule has 132 valence electrons. The molecule has 0 N–H and O–H groups in total. The minimum absolute atomic E-state index is 0.0343. The SMILES string of the molecule is CN(C)c1ccc(N2CCN(C(=O)c3c(F)cccc3Cl)CC2)cc1. The summed E-state index contributed by atoms with van der Waals surface area (Å²) in [6.45, 7) is 2.50. The van der Waals surface area contributed by atoms with Crippen LogP contribution in [-0.4, -0.2) is 51.1 Å². The Morgan fingerprint density at radius 3 is 2.24 bits per heavy atom. The number of rotatable bonds is 3. The minimum Gasteiger partial charge on any atom is -0.378 e. The van der Waals surface area contributed by atoms with Crippen LogP contribution < -0.4 is 9.80 Å². The van der Waals surface area contributed by atoms with E-state index in [1.165, 1.54) is 12.1 Å². The van der Waals surface area contributed by atoms with Crippen LogP contribution in [0.5, 0.6) is 0 Å². The lowest BCUT2D eigenvalue weighted by Gasteiger charge is -2.36. The molecule has 1 amide bonds. The van der Waals surface area contributed by atoms with Gasteiger partial charge in [0.05, 0.1) is 10.6 Å². The lowest BCUT2D eigenvalue weighted by atomic mass is 10.1. The maximum Gasteiger partial charge on any atom is 0.258 e. The van der Waals surface area contributed by atoms with Crippen molar-refractivity contribution in [2.24, 2.45) is 0 Å². The number of anilines is 2. The molecule has 0 aromatic heterocycles. The summed E-state index contributed by atoms with van der Waals surface area (Å²) in [6, 6.07) is 12.6. The summed E-state index contributed by atoms with van der Waals surface area (Å²) < 4.78 is 14.0. The first-order chi connectivity index (χ1) is 12.0. The van der Waals surface area contributed by atoms with Crippen LogP contribution in [-0.2, 0) is 0 Å². The highest BCUT2D eigenvalue weighted by molar-refractivity contribution is 6.33. The molecule has 0 spiro atoms. The zero-order chi connectivity index (χ0) is 18.0. The van der Waals surface area contributed by atoms with Crippen LogP contribution in [0.1, 0.15) is 10.4 Å². The highest BCUT2D eigenvalue weighted by Gasteiger charge is 2.25. The smallest absolute Gasteiger partial charge is 0.258 e. The van der Waals surface area contributed by atoms with Crippen molar-refractivity contribution in [2.45, 2.75) is 0 Å². The fourth-order valence-electron chi connectivity index (χ4n) is 2.99. The molecule has 1 aliphatic heterocycles. The molecule has 0 radical (unpaired) electrons. The van der Waals surface area contributed by atoms with E-state index in [0.29, 0.717) is 26.2 Å². The highest BCUT2D eigenvalue weighted by atomic mass is 35.5. The Morgan fingerprint density at radius 2 is 1.68 bits per heavy atom. The average Bonchev–Trinajstić information content (AvgIpc) is 2.61. The van der Waals surface area contributed by atoms with Crippen molar-refractivity contribution < 1.29 is 9.18 Å². The summed E-state index contributed by atoms with van der Waals surface area (Å²) in [5.41, 5.74) is 2.24. The molecule has 1 fully saturated rings. The summed E-state index contributed by atoms with van der Waals surface area (Å²) in [7, 11) is 4.01. The second-order valence-electron chi connectivity index (χ2n) is 6.29. The summed E-state index contributed by atoms with van der Waals surface area (Å²) in [5, 5.41) is 0.159. The predicted octanol–water partition coefficient (Wildman–Crippen LogP) is 3.51. The standard InChI is InChI=1S/C19H21ClFN3O/c1-22(2)14-6-8-15(9-7-14)23-10-12-24(13-11-23)19(25)18-16(20)4-3-5-17(18)21/h3-9H,10-13H2,1-2H3. The molecular weight excluding hydrogens is 341 g/mol. The van der Waals surface area contributed by atoms with E-state index in [0.717, 1.165) is 11.4 Å². The molecule has 3 rings (SSSR count). The van der Waals surface area contributed by atoms with Gasteiger partial charge in [-0.25, -0.2) is 4.39 Å². The molecular formula is C19H21ClFN3O. The first-order valence-electron chi connectivity index (χ1n) is 8.23. The molecule has 0 unspecified atom stereocenters. The summed E-state index contributed by atoms with van der Waals surface area (Å²) >= 11 is 6.01. The van der Waals surface area contributed by atoms with Gasteiger partial charge in [-0.15, -0.1) is 0 Å². The Morgan fingerprint density at radius 1 is 1.04 bits per heavy atom. The fourth-order valence-corrected chi connectivity index (χ4v) is 3.23. The Balaban J connectivity index is 1.66. The van der Waals surface area contributed by atoms with E-state index in [9.17, 15) is 9.18 Å². The van der Waals surface area contributed by atoms with Crippen molar-refractivity contribution in [3.8, 4) is 0 Å². The molecule has 4 nitrogen and oxygen atoms in total. The number of piperazine rings is 1. The molecule has 6 heteroatoms. The van der Waals surface area contributed by atoms with Crippen molar-refractivity contribution in [2.75, 3.05) is 50.1 Å². The van der Waals surface area contributed by atoms with E-state index in [1.54, 1.807) is 11.0 Å². The van der Waals surface area contributed by atoms with Crippen molar-refractivity contribution in [3.05, 3.63) is 58.9 Å². The zero-order valence-electron chi connectivity index (χ0n) is 14.4. The number of halogens is 2. The average molecular weight is 362 g/mol. The van der Waals surface area contributed by atoms with Crippen molar-refractivity contribution in [1.82, 2.24) is 4.90 Å². The third-order valence-corrected chi connectivity index (χ3v) is 4.79. The van der Waals surface area contributed by atoms with Gasteiger partial charge in [0.15, 0.2) is 0 Å². The molecule has 2 aromatic carbocycles. The lowest BCUT2D eigenvalue weighted by Crippen LogP contribution is -2.49. The van der Waals surface area contributed by atoms with Crippen LogP contribution >= 0.6 is 11.6 Å². The molecule has 1 saturated heterocycles. The van der Waals surface area contributed by atoms with E-state index >= 15 is 0 Å². The molecule has 2 aromatic rings. The van der Waals surface area contributed by atoms with Crippen LogP contribution in [0.3, 0.4) is 0 Å². The van der Waals surface area contributed by atoms with Gasteiger partial charge in [-0.2, -0.15) is 0 Å². The number of carbonyl (C=O) groups excluding carboxylic acids is 1. The molecule has 0 atom stereocenters. The van der Waals surface area contributed by atoms with E-state index in [1.807, 2.05) is 14.1 Å². The Labute approximate surface area is 152 Å². The van der Waals surface area contributed by atoms with Gasteiger partial charge >= 0.3 is 0 Å². The molecule has 1 aliphatic rings. The number of nitrogens with zero attached hydrogens (tertiary/aromatic N) is 3. The fraction of sp³-hybridized carbons (Fsp3) is 0.316. The first kappa shape index (κ1) is 17.5. The summed E-state index contributed by atoms with van der Waals surface area (Å²) in [6.07, 6.45) is 0. The van der Waals surface area contributed by atoms with Crippen LogP contribution in [0.15, 0.2) is 42.5 Å². The molecule has 25 heavy (non-hydrogen) atoms. The van der Waals surface area contributed by atoms with Gasteiger partial charge in [-0.05, 0) is 36.4 Å². The topological polar surface area (TPSA) is 26.8 Å². The van der Waals surface area contributed by atoms with Gasteiger partial charge in [-0.3, -0.25) is 4.79 Å². The van der Waals surface area contributed by atoms with Crippen molar-refractivity contribution in [1.29, 1.82) is 0 Å². The minimum atomic E-state index is -0.570. The molecule has 0 aliphatic carbocycles. The molecule has 0 bridgehead atoms. The number of amides is 1. The number of hydrogen-bond donors (Lipinski definition) is 0. The number of hydrogen-bond acceptors (Lipinski definition) is 3. The lowest BCUT2D eigenvalue weighted by molar-refractivity contribution is 0.0742. The van der Waals surface area contributed by atoms with Crippen LogP contribution in [0.4, 0.5) is 15.8 Å². The van der Waals surface area contributed by atoms with Gasteiger partial charge in [0, 0.05) is 51.6 Å². The Hall–Kier alpha value is -2.27. The van der Waals surface area contributed by atoms with Gasteiger partial charge < -0.3 is 14.7 Å². The molecule has 1 heterocycles. The monoisotopic (exact) mass is 361 g/mol. The summed E-state index contributed by atoms with van der Waals surface area (Å²) in [4.78, 5) is 18.5. The van der Waals surface area contributed by atoms with Gasteiger partial charge in [0.25, 0.3) is 5.91 Å². The van der Waals surface area contributed by atoms with Gasteiger partial charge in [0.2, 0.25) is 0 Å². The second kappa shape index (κ2) is 7.31. The molecule has 0 saturated carbocycles. The van der Waals surface area contributed by atoms with Gasteiger partial charge in [0.1, 0.15) is 5.82 Å². The zero-order valence-corrected chi connectivity index (χ0v) is 15.1. The van der Waals surface area contributed by atoms with Crippen molar-refractivity contribution in [3.63, 3.8) is 0 Å². The van der Waals surface area contributed by atoms with E-state index in [2.05, 4.69) is 34.1 Å². The number of carbonyl (C=O) groups is 1. The predicted molar refractivity (Wildman–Crippen MR) is 100 cm³/mol. The normalized spacial score (nSPS) is 14.6. The highest BCUT2D eigenvalue weighted by Crippen LogP contribution is 2.24. The van der Waals surface area contributed by atoms with E-state index in [-0.39, 0.29) is 16.5 Å². The maximum absolute atomic E-state index is 14.0. The van der Waals surface area contributed by atoms with Crippen LogP contribution in [0.2, 0.25) is 5.02 Å². The third-order valence-electron chi connectivity index (χ3n) is 4.47. The van der Waals surface area contributed by atoms with E-state index < -0.39 is 5.82 Å². The van der Waals surface area contributed by atoms with Crippen LogP contribution in [0.25, 0.3) is 0 Å². The van der Waals surface area contributed by atoms with E-state index in [4.69, 9.17) is 11.6 Å². The Bertz CT molecular complexity index is 736. The second-order valence-corrected chi connectivity index (χ2v) is 6.69. The van der Waals surface area contributed by atoms with Gasteiger partial charge in [-0.1, -0.05) is 17.7 Å². The maximum atomic E-state index is 14.0. The summed E-state index contributed by atoms with van der Waals surface area (Å²) in [5.74, 6) is -0.912. The number of benzene rings is 2.